The SMILES string of the molecule is COC(=O)CCCCN1C(=O)[C@]2(O[C@H](CCO)[C@@H]([Si](C)(C)O)[C@@H]2C)c2cc(-n3[nH]c4ccccc4c3=O)ccc21. The van der Waals surface area contributed by atoms with Gasteiger partial charge in [0.2, 0.25) is 0 Å². The summed E-state index contributed by atoms with van der Waals surface area (Å²) in [6, 6.07) is 12.7. The summed E-state index contributed by atoms with van der Waals surface area (Å²) >= 11 is 0. The fourth-order valence-corrected chi connectivity index (χ4v) is 9.31. The van der Waals surface area contributed by atoms with Crippen LogP contribution < -0.4 is 10.5 Å². The Kier molecular flexibility index (Phi) is 7.51. The van der Waals surface area contributed by atoms with Crippen LogP contribution in [0, 0.1) is 5.92 Å². The van der Waals surface area contributed by atoms with Crippen molar-refractivity contribution in [3.63, 3.8) is 0 Å². The van der Waals surface area contributed by atoms with E-state index in [9.17, 15) is 24.3 Å². The number of rotatable bonds is 9. The zero-order valence-corrected chi connectivity index (χ0v) is 24.3. The van der Waals surface area contributed by atoms with Crippen molar-refractivity contribution in [3.05, 3.63) is 58.4 Å². The number of esters is 1. The van der Waals surface area contributed by atoms with E-state index >= 15 is 0 Å². The number of hydrogen-bond donors (Lipinski definition) is 3. The number of methoxy groups -OCH3 is 1. The molecule has 3 heterocycles. The number of H-pyrrole nitrogens is 1. The maximum Gasteiger partial charge on any atom is 0.305 e. The number of fused-ring (bicyclic) bond motifs is 3. The van der Waals surface area contributed by atoms with Gasteiger partial charge in [0, 0.05) is 36.6 Å². The summed E-state index contributed by atoms with van der Waals surface area (Å²) in [4.78, 5) is 52.2. The second-order valence-electron chi connectivity index (χ2n) is 11.4. The van der Waals surface area contributed by atoms with Crippen molar-refractivity contribution < 1.29 is 29.0 Å². The molecule has 0 saturated carbocycles. The molecule has 3 N–H and O–H groups in total. The molecule has 10 nitrogen and oxygen atoms in total. The highest BCUT2D eigenvalue weighted by Gasteiger charge is 2.66. The lowest BCUT2D eigenvalue weighted by Gasteiger charge is -2.32. The van der Waals surface area contributed by atoms with Gasteiger partial charge in [-0.1, -0.05) is 19.1 Å². The molecule has 2 aliphatic rings. The number of aromatic nitrogens is 2. The first-order valence-corrected chi connectivity index (χ1v) is 16.8. The van der Waals surface area contributed by atoms with Crippen LogP contribution in [0.15, 0.2) is 47.3 Å². The lowest BCUT2D eigenvalue weighted by Crippen LogP contribution is -2.46. The van der Waals surface area contributed by atoms with Crippen LogP contribution in [-0.2, 0) is 24.7 Å². The number of nitrogens with one attached hydrogen (secondary N) is 1. The van der Waals surface area contributed by atoms with Crippen LogP contribution in [0.5, 0.6) is 0 Å². The van der Waals surface area contributed by atoms with Crippen LogP contribution >= 0.6 is 0 Å². The Bertz CT molecular complexity index is 1490. The van der Waals surface area contributed by atoms with Gasteiger partial charge < -0.3 is 24.3 Å². The highest BCUT2D eigenvalue weighted by atomic mass is 28.4. The van der Waals surface area contributed by atoms with Gasteiger partial charge >= 0.3 is 5.97 Å². The molecule has 4 atom stereocenters. The number of carbonyl (C=O) groups excluding carboxylic acids is 2. The van der Waals surface area contributed by atoms with Gasteiger partial charge in [0.05, 0.1) is 35.5 Å². The second kappa shape index (κ2) is 10.6. The number of benzene rings is 2. The van der Waals surface area contributed by atoms with Crippen LogP contribution in [0.4, 0.5) is 5.69 Å². The molecule has 11 heteroatoms. The van der Waals surface area contributed by atoms with Gasteiger partial charge in [0.25, 0.3) is 11.5 Å². The summed E-state index contributed by atoms with van der Waals surface area (Å²) in [5.41, 5.74) is 0.726. The van der Waals surface area contributed by atoms with Crippen molar-refractivity contribution >= 4 is 36.8 Å². The topological polar surface area (TPSA) is 134 Å². The van der Waals surface area contributed by atoms with Crippen LogP contribution in [0.1, 0.15) is 38.2 Å². The number of hydrogen-bond acceptors (Lipinski definition) is 7. The zero-order valence-electron chi connectivity index (χ0n) is 23.3. The predicted molar refractivity (Wildman–Crippen MR) is 153 cm³/mol. The minimum atomic E-state index is -2.83. The van der Waals surface area contributed by atoms with E-state index in [0.717, 1.165) is 0 Å². The van der Waals surface area contributed by atoms with E-state index < -0.39 is 20.0 Å². The molecule has 0 aliphatic carbocycles. The van der Waals surface area contributed by atoms with Crippen molar-refractivity contribution in [1.82, 2.24) is 9.78 Å². The van der Waals surface area contributed by atoms with E-state index in [1.54, 1.807) is 17.0 Å². The fraction of sp³-hybridized carbons (Fsp3) is 0.483. The smallest absolute Gasteiger partial charge is 0.305 e. The lowest BCUT2D eigenvalue weighted by atomic mass is 9.82. The first-order chi connectivity index (χ1) is 19.0. The van der Waals surface area contributed by atoms with Gasteiger partial charge in [-0.15, -0.1) is 0 Å². The number of aromatic amines is 1. The van der Waals surface area contributed by atoms with Gasteiger partial charge in [-0.05, 0) is 62.7 Å². The number of aliphatic hydroxyl groups is 1. The number of nitrogens with zero attached hydrogens (tertiary/aromatic N) is 2. The third-order valence-electron chi connectivity index (χ3n) is 8.47. The van der Waals surface area contributed by atoms with E-state index in [1.807, 2.05) is 50.3 Å². The van der Waals surface area contributed by atoms with Gasteiger partial charge in [0.1, 0.15) is 0 Å². The molecule has 3 aromatic rings. The molecule has 1 saturated heterocycles. The van der Waals surface area contributed by atoms with Crippen LogP contribution in [0.3, 0.4) is 0 Å². The number of amides is 1. The van der Waals surface area contributed by atoms with Crippen molar-refractivity contribution in [3.8, 4) is 5.69 Å². The fourth-order valence-electron chi connectivity index (χ4n) is 6.71. The summed E-state index contributed by atoms with van der Waals surface area (Å²) in [5, 5.41) is 13.5. The van der Waals surface area contributed by atoms with Crippen molar-refractivity contribution in [2.45, 2.75) is 62.9 Å². The Hall–Kier alpha value is -3.25. The average Bonchev–Trinajstić information content (AvgIpc) is 3.50. The molecule has 214 valence electrons. The van der Waals surface area contributed by atoms with E-state index in [1.165, 1.54) is 11.8 Å². The zero-order chi connectivity index (χ0) is 28.8. The molecular weight excluding hydrogens is 530 g/mol. The maximum atomic E-state index is 14.4. The van der Waals surface area contributed by atoms with Gasteiger partial charge in [-0.3, -0.25) is 19.5 Å². The molecule has 1 aromatic heterocycles. The molecule has 2 aromatic carbocycles. The first-order valence-electron chi connectivity index (χ1n) is 13.8. The first kappa shape index (κ1) is 28.3. The van der Waals surface area contributed by atoms with E-state index in [-0.39, 0.29) is 41.9 Å². The number of aliphatic hydroxyl groups excluding tert-OH is 1. The number of carbonyl (C=O) groups is 2. The van der Waals surface area contributed by atoms with Crippen molar-refractivity contribution in [1.29, 1.82) is 0 Å². The molecule has 1 spiro atoms. The van der Waals surface area contributed by atoms with E-state index in [4.69, 9.17) is 9.47 Å². The van der Waals surface area contributed by atoms with Crippen LogP contribution in [0.25, 0.3) is 16.6 Å². The molecule has 1 amide bonds. The van der Waals surface area contributed by atoms with Gasteiger partial charge in [-0.2, -0.15) is 0 Å². The van der Waals surface area contributed by atoms with Crippen molar-refractivity contribution in [2.24, 2.45) is 5.92 Å². The Morgan fingerprint density at radius 2 is 1.93 bits per heavy atom. The minimum absolute atomic E-state index is 0.128. The Balaban J connectivity index is 1.61. The molecule has 5 rings (SSSR count). The number of unbranched alkanes of at least 4 members (excludes halogenated alkanes) is 1. The third kappa shape index (κ3) is 4.50. The molecule has 1 fully saturated rings. The normalized spacial score (nSPS) is 24.3. The number of para-hydroxylation sites is 1. The lowest BCUT2D eigenvalue weighted by molar-refractivity contribution is -0.146. The van der Waals surface area contributed by atoms with Crippen LogP contribution in [-0.4, -0.2) is 66.2 Å². The summed E-state index contributed by atoms with van der Waals surface area (Å²) in [6.07, 6.45) is 1.21. The third-order valence-corrected chi connectivity index (χ3v) is 11.0. The quantitative estimate of drug-likeness (QED) is 0.205. The summed E-state index contributed by atoms with van der Waals surface area (Å²) < 4.78 is 12.9. The Labute approximate surface area is 233 Å². The number of ether oxygens (including phenoxy) is 2. The maximum absolute atomic E-state index is 14.4. The van der Waals surface area contributed by atoms with E-state index in [0.29, 0.717) is 53.6 Å². The number of anilines is 1. The standard InChI is InChI=1S/C29H37N3O7Si/c1-18-26(40(3,4)37)24(14-16-33)39-29(18)21-17-19(32-27(35)20-9-5-6-10-22(20)30-32)12-13-23(21)31(28(29)36)15-8-7-11-25(34)38-2/h5-6,9-10,12-13,17-18,24,26,30,33,37H,7-8,11,14-16H2,1-4H3/t18-,24+,26-,29+/m0/s1. The van der Waals surface area contributed by atoms with Gasteiger partial charge in [0.15, 0.2) is 13.9 Å². The molecular formula is C29H37N3O7Si. The summed E-state index contributed by atoms with van der Waals surface area (Å²) in [5.74, 6) is -0.898. The van der Waals surface area contributed by atoms with Gasteiger partial charge in [-0.25, -0.2) is 4.68 Å². The molecule has 0 bridgehead atoms. The van der Waals surface area contributed by atoms with Crippen molar-refractivity contribution in [2.75, 3.05) is 25.2 Å². The highest BCUT2D eigenvalue weighted by Crippen LogP contribution is 2.59. The molecule has 2 aliphatic heterocycles. The van der Waals surface area contributed by atoms with Crippen LogP contribution in [0.2, 0.25) is 18.6 Å². The summed E-state index contributed by atoms with van der Waals surface area (Å²) in [6.45, 7) is 5.87. The minimum Gasteiger partial charge on any atom is -0.469 e. The average molecular weight is 568 g/mol. The second-order valence-corrected chi connectivity index (χ2v) is 15.3. The Morgan fingerprint density at radius 1 is 1.18 bits per heavy atom. The molecule has 0 radical (unpaired) electrons. The largest absolute Gasteiger partial charge is 0.469 e. The monoisotopic (exact) mass is 567 g/mol. The Morgan fingerprint density at radius 3 is 2.60 bits per heavy atom. The predicted octanol–water partition coefficient (Wildman–Crippen LogP) is 3.19. The molecule has 40 heavy (non-hydrogen) atoms. The summed E-state index contributed by atoms with van der Waals surface area (Å²) in [7, 11) is -1.48. The highest BCUT2D eigenvalue weighted by molar-refractivity contribution is 6.71. The van der Waals surface area contributed by atoms with E-state index in [2.05, 4.69) is 5.10 Å². The molecule has 0 unspecified atom stereocenters.